The average molecular weight is 167 g/mol. The quantitative estimate of drug-likeness (QED) is 0.638. The molecule has 0 bridgehead atoms. The molecule has 0 aromatic heterocycles. The lowest BCUT2D eigenvalue weighted by atomic mass is 9.69. The van der Waals surface area contributed by atoms with Gasteiger partial charge in [-0.2, -0.15) is 0 Å². The maximum absolute atomic E-state index is 5.73. The maximum atomic E-state index is 5.73. The SMILES string of the molecule is CC1(C)CCCC2(CC2CN)C1. The Bertz CT molecular complexity index is 185. The fraction of sp³-hybridized carbons (Fsp3) is 1.00. The van der Waals surface area contributed by atoms with Gasteiger partial charge in [-0.1, -0.05) is 20.3 Å². The molecule has 2 N–H and O–H groups in total. The van der Waals surface area contributed by atoms with Crippen LogP contribution in [0.25, 0.3) is 0 Å². The highest BCUT2D eigenvalue weighted by atomic mass is 14.7. The lowest BCUT2D eigenvalue weighted by Gasteiger charge is -2.36. The van der Waals surface area contributed by atoms with Crippen molar-refractivity contribution in [3.63, 3.8) is 0 Å². The van der Waals surface area contributed by atoms with Crippen LogP contribution >= 0.6 is 0 Å². The molecular weight excluding hydrogens is 146 g/mol. The zero-order valence-corrected chi connectivity index (χ0v) is 8.40. The Hall–Kier alpha value is -0.0400. The van der Waals surface area contributed by atoms with Crippen LogP contribution in [0.4, 0.5) is 0 Å². The second-order valence-electron chi connectivity index (χ2n) is 5.69. The molecule has 1 heteroatoms. The van der Waals surface area contributed by atoms with Gasteiger partial charge in [0.2, 0.25) is 0 Å². The number of nitrogens with two attached hydrogens (primary N) is 1. The molecule has 0 aliphatic heterocycles. The van der Waals surface area contributed by atoms with Crippen molar-refractivity contribution in [1.29, 1.82) is 0 Å². The predicted molar refractivity (Wildman–Crippen MR) is 51.8 cm³/mol. The third kappa shape index (κ3) is 1.28. The standard InChI is InChI=1S/C11H21N/c1-10(2)4-3-5-11(8-10)6-9(11)7-12/h9H,3-8,12H2,1-2H3. The van der Waals surface area contributed by atoms with Crippen molar-refractivity contribution in [2.75, 3.05) is 6.54 Å². The Kier molecular flexibility index (Phi) is 1.76. The van der Waals surface area contributed by atoms with Crippen molar-refractivity contribution < 1.29 is 0 Å². The van der Waals surface area contributed by atoms with Crippen molar-refractivity contribution in [2.24, 2.45) is 22.5 Å². The van der Waals surface area contributed by atoms with E-state index in [-0.39, 0.29) is 0 Å². The molecule has 0 radical (unpaired) electrons. The molecule has 2 aliphatic rings. The lowest BCUT2D eigenvalue weighted by Crippen LogP contribution is -2.26. The highest BCUT2D eigenvalue weighted by Gasteiger charge is 2.55. The molecule has 12 heavy (non-hydrogen) atoms. The summed E-state index contributed by atoms with van der Waals surface area (Å²) in [7, 11) is 0. The van der Waals surface area contributed by atoms with E-state index >= 15 is 0 Å². The molecule has 0 aromatic rings. The van der Waals surface area contributed by atoms with Crippen LogP contribution in [0, 0.1) is 16.7 Å². The van der Waals surface area contributed by atoms with E-state index in [1.807, 2.05) is 0 Å². The summed E-state index contributed by atoms with van der Waals surface area (Å²) < 4.78 is 0. The lowest BCUT2D eigenvalue weighted by molar-refractivity contribution is 0.153. The molecule has 0 heterocycles. The molecule has 2 rings (SSSR count). The number of rotatable bonds is 1. The van der Waals surface area contributed by atoms with Crippen molar-refractivity contribution in [3.8, 4) is 0 Å². The minimum atomic E-state index is 0.599. The first-order valence-electron chi connectivity index (χ1n) is 5.28. The molecule has 0 amide bonds. The number of hydrogen-bond acceptors (Lipinski definition) is 1. The summed E-state index contributed by atoms with van der Waals surface area (Å²) in [6.45, 7) is 5.76. The fourth-order valence-electron chi connectivity index (χ4n) is 3.34. The monoisotopic (exact) mass is 167 g/mol. The zero-order valence-electron chi connectivity index (χ0n) is 8.40. The molecule has 0 aromatic carbocycles. The van der Waals surface area contributed by atoms with Crippen LogP contribution < -0.4 is 5.73 Å². The van der Waals surface area contributed by atoms with Crippen molar-refractivity contribution in [2.45, 2.75) is 46.0 Å². The highest BCUT2D eigenvalue weighted by Crippen LogP contribution is 2.64. The summed E-state index contributed by atoms with van der Waals surface area (Å²) in [4.78, 5) is 0. The van der Waals surface area contributed by atoms with Gasteiger partial charge < -0.3 is 5.73 Å². The van der Waals surface area contributed by atoms with E-state index in [9.17, 15) is 0 Å². The minimum absolute atomic E-state index is 0.599. The molecule has 1 nitrogen and oxygen atoms in total. The third-order valence-electron chi connectivity index (χ3n) is 4.00. The molecule has 0 saturated heterocycles. The second kappa shape index (κ2) is 2.47. The fourth-order valence-corrected chi connectivity index (χ4v) is 3.34. The van der Waals surface area contributed by atoms with E-state index in [4.69, 9.17) is 5.73 Å². The topological polar surface area (TPSA) is 26.0 Å². The van der Waals surface area contributed by atoms with Gasteiger partial charge in [-0.25, -0.2) is 0 Å². The van der Waals surface area contributed by atoms with Gasteiger partial charge in [-0.05, 0) is 49.0 Å². The summed E-state index contributed by atoms with van der Waals surface area (Å²) in [5, 5.41) is 0. The van der Waals surface area contributed by atoms with Gasteiger partial charge in [-0.3, -0.25) is 0 Å². The summed E-state index contributed by atoms with van der Waals surface area (Å²) >= 11 is 0. The van der Waals surface area contributed by atoms with Crippen molar-refractivity contribution in [3.05, 3.63) is 0 Å². The van der Waals surface area contributed by atoms with E-state index in [2.05, 4.69) is 13.8 Å². The Balaban J connectivity index is 2.01. The van der Waals surface area contributed by atoms with Crippen LogP contribution in [-0.2, 0) is 0 Å². The molecule has 2 aliphatic carbocycles. The normalized spacial score (nSPS) is 44.8. The first-order valence-corrected chi connectivity index (χ1v) is 5.28. The largest absolute Gasteiger partial charge is 0.330 e. The Morgan fingerprint density at radius 3 is 2.58 bits per heavy atom. The second-order valence-corrected chi connectivity index (χ2v) is 5.69. The average Bonchev–Trinajstić information content (AvgIpc) is 2.60. The molecule has 2 fully saturated rings. The number of hydrogen-bond donors (Lipinski definition) is 1. The Morgan fingerprint density at radius 1 is 1.33 bits per heavy atom. The van der Waals surface area contributed by atoms with Gasteiger partial charge in [0.15, 0.2) is 0 Å². The zero-order chi connectivity index (χ0) is 8.82. The molecule has 2 atom stereocenters. The molecule has 2 saturated carbocycles. The Morgan fingerprint density at radius 2 is 2.08 bits per heavy atom. The van der Waals surface area contributed by atoms with E-state index in [0.717, 1.165) is 12.5 Å². The highest BCUT2D eigenvalue weighted by molar-refractivity contribution is 5.06. The molecule has 1 spiro atoms. The maximum Gasteiger partial charge on any atom is -0.00433 e. The van der Waals surface area contributed by atoms with Crippen molar-refractivity contribution >= 4 is 0 Å². The van der Waals surface area contributed by atoms with Gasteiger partial charge in [0.25, 0.3) is 0 Å². The van der Waals surface area contributed by atoms with Crippen LogP contribution in [0.5, 0.6) is 0 Å². The first-order chi connectivity index (χ1) is 5.58. The minimum Gasteiger partial charge on any atom is -0.330 e. The van der Waals surface area contributed by atoms with E-state index in [1.54, 1.807) is 0 Å². The summed E-state index contributed by atoms with van der Waals surface area (Å²) in [5.74, 6) is 0.872. The van der Waals surface area contributed by atoms with E-state index in [1.165, 1.54) is 32.1 Å². The van der Waals surface area contributed by atoms with Crippen LogP contribution in [0.1, 0.15) is 46.0 Å². The third-order valence-corrected chi connectivity index (χ3v) is 4.00. The van der Waals surface area contributed by atoms with E-state index < -0.39 is 0 Å². The van der Waals surface area contributed by atoms with Crippen LogP contribution in [0.15, 0.2) is 0 Å². The first kappa shape index (κ1) is 8.55. The molecule has 70 valence electrons. The van der Waals surface area contributed by atoms with Gasteiger partial charge in [0, 0.05) is 0 Å². The van der Waals surface area contributed by atoms with Crippen LogP contribution in [-0.4, -0.2) is 6.54 Å². The Labute approximate surface area is 75.7 Å². The summed E-state index contributed by atoms with van der Waals surface area (Å²) in [5.41, 5.74) is 7.03. The molecular formula is C11H21N. The van der Waals surface area contributed by atoms with Crippen LogP contribution in [0.3, 0.4) is 0 Å². The van der Waals surface area contributed by atoms with E-state index in [0.29, 0.717) is 10.8 Å². The summed E-state index contributed by atoms with van der Waals surface area (Å²) in [6, 6.07) is 0. The predicted octanol–water partition coefficient (Wildman–Crippen LogP) is 2.55. The molecule has 2 unspecified atom stereocenters. The van der Waals surface area contributed by atoms with Crippen molar-refractivity contribution in [1.82, 2.24) is 0 Å². The van der Waals surface area contributed by atoms with Gasteiger partial charge >= 0.3 is 0 Å². The van der Waals surface area contributed by atoms with Gasteiger partial charge in [-0.15, -0.1) is 0 Å². The van der Waals surface area contributed by atoms with Gasteiger partial charge in [0.1, 0.15) is 0 Å². The van der Waals surface area contributed by atoms with Gasteiger partial charge in [0.05, 0.1) is 0 Å². The van der Waals surface area contributed by atoms with Crippen LogP contribution in [0.2, 0.25) is 0 Å². The smallest absolute Gasteiger partial charge is 0.00433 e. The summed E-state index contributed by atoms with van der Waals surface area (Å²) in [6.07, 6.45) is 7.17.